The summed E-state index contributed by atoms with van der Waals surface area (Å²) in [7, 11) is 0. The van der Waals surface area contributed by atoms with Crippen LogP contribution in [0.15, 0.2) is 48.5 Å². The van der Waals surface area contributed by atoms with E-state index < -0.39 is 0 Å². The van der Waals surface area contributed by atoms with Crippen LogP contribution in [0.2, 0.25) is 0 Å². The maximum atomic E-state index is 11.9. The first-order valence-electron chi connectivity index (χ1n) is 6.06. The van der Waals surface area contributed by atoms with Gasteiger partial charge < -0.3 is 5.32 Å². The second-order valence-corrected chi connectivity index (χ2v) is 4.48. The molecule has 2 aromatic rings. The molecule has 0 fully saturated rings. The van der Waals surface area contributed by atoms with Crippen molar-refractivity contribution in [3.63, 3.8) is 0 Å². The van der Waals surface area contributed by atoms with Gasteiger partial charge in [0.25, 0.3) is 5.91 Å². The molecule has 0 aromatic heterocycles. The number of benzene rings is 2. The van der Waals surface area contributed by atoms with Crippen molar-refractivity contribution in [3.8, 4) is 0 Å². The molecule has 0 aliphatic carbocycles. The van der Waals surface area contributed by atoms with Gasteiger partial charge in [0.1, 0.15) is 0 Å². The van der Waals surface area contributed by atoms with Crippen molar-refractivity contribution < 1.29 is 4.79 Å². The van der Waals surface area contributed by atoms with Crippen LogP contribution in [0.3, 0.4) is 0 Å². The van der Waals surface area contributed by atoms with E-state index in [1.165, 1.54) is 5.56 Å². The monoisotopic (exact) mass is 239 g/mol. The lowest BCUT2D eigenvalue weighted by Gasteiger charge is -2.08. The third kappa shape index (κ3) is 2.98. The van der Waals surface area contributed by atoms with Gasteiger partial charge in [0, 0.05) is 12.1 Å². The Morgan fingerprint density at radius 2 is 1.67 bits per heavy atom. The fraction of sp³-hybridized carbons (Fsp3) is 0.188. The molecule has 0 atom stereocenters. The van der Waals surface area contributed by atoms with Crippen LogP contribution in [0.5, 0.6) is 0 Å². The second-order valence-electron chi connectivity index (χ2n) is 4.48. The smallest absolute Gasteiger partial charge is 0.251 e. The zero-order valence-corrected chi connectivity index (χ0v) is 10.7. The number of nitrogens with one attached hydrogen (secondary N) is 1. The summed E-state index contributed by atoms with van der Waals surface area (Å²) in [6, 6.07) is 15.7. The Bertz CT molecular complexity index is 543. The molecule has 0 spiro atoms. The largest absolute Gasteiger partial charge is 0.348 e. The summed E-state index contributed by atoms with van der Waals surface area (Å²) in [6.07, 6.45) is 0. The molecule has 92 valence electrons. The maximum absolute atomic E-state index is 11.9. The van der Waals surface area contributed by atoms with Gasteiger partial charge in [-0.2, -0.15) is 0 Å². The predicted octanol–water partition coefficient (Wildman–Crippen LogP) is 3.23. The van der Waals surface area contributed by atoms with Crippen molar-refractivity contribution in [3.05, 3.63) is 70.8 Å². The second kappa shape index (κ2) is 5.50. The SMILES string of the molecule is Cc1ccc(C(=O)NCc2ccccc2C)cc1. The molecule has 2 nitrogen and oxygen atoms in total. The van der Waals surface area contributed by atoms with Gasteiger partial charge in [-0.15, -0.1) is 0 Å². The normalized spacial score (nSPS) is 10.1. The first-order valence-corrected chi connectivity index (χ1v) is 6.06. The molecule has 1 amide bonds. The molecule has 18 heavy (non-hydrogen) atoms. The lowest BCUT2D eigenvalue weighted by molar-refractivity contribution is 0.0951. The van der Waals surface area contributed by atoms with Crippen LogP contribution >= 0.6 is 0 Å². The van der Waals surface area contributed by atoms with Crippen molar-refractivity contribution in [2.45, 2.75) is 20.4 Å². The van der Waals surface area contributed by atoms with E-state index in [0.717, 1.165) is 11.1 Å². The number of aryl methyl sites for hydroxylation is 2. The molecule has 2 heteroatoms. The van der Waals surface area contributed by atoms with Gasteiger partial charge in [-0.1, -0.05) is 42.0 Å². The van der Waals surface area contributed by atoms with Crippen molar-refractivity contribution in [1.29, 1.82) is 0 Å². The van der Waals surface area contributed by atoms with E-state index in [-0.39, 0.29) is 5.91 Å². The number of hydrogen-bond donors (Lipinski definition) is 1. The van der Waals surface area contributed by atoms with Crippen LogP contribution in [0, 0.1) is 13.8 Å². The zero-order valence-electron chi connectivity index (χ0n) is 10.7. The van der Waals surface area contributed by atoms with Gasteiger partial charge in [0.2, 0.25) is 0 Å². The molecular formula is C16H17NO. The average Bonchev–Trinajstić information content (AvgIpc) is 2.38. The predicted molar refractivity (Wildman–Crippen MR) is 73.5 cm³/mol. The topological polar surface area (TPSA) is 29.1 Å². The molecule has 2 aromatic carbocycles. The number of carbonyl (C=O) groups excluding carboxylic acids is 1. The fourth-order valence-electron chi connectivity index (χ4n) is 1.79. The van der Waals surface area contributed by atoms with Gasteiger partial charge in [0.05, 0.1) is 0 Å². The van der Waals surface area contributed by atoms with E-state index in [2.05, 4.69) is 5.32 Å². The molecule has 0 saturated heterocycles. The number of rotatable bonds is 3. The molecule has 0 saturated carbocycles. The fourth-order valence-corrected chi connectivity index (χ4v) is 1.79. The highest BCUT2D eigenvalue weighted by molar-refractivity contribution is 5.94. The Kier molecular flexibility index (Phi) is 3.78. The first kappa shape index (κ1) is 12.4. The van der Waals surface area contributed by atoms with Crippen molar-refractivity contribution in [2.75, 3.05) is 0 Å². The van der Waals surface area contributed by atoms with Crippen LogP contribution < -0.4 is 5.32 Å². The Labute approximate surface area is 108 Å². The summed E-state index contributed by atoms with van der Waals surface area (Å²) in [4.78, 5) is 11.9. The number of carbonyl (C=O) groups is 1. The summed E-state index contributed by atoms with van der Waals surface area (Å²) in [5.74, 6) is -0.0294. The van der Waals surface area contributed by atoms with Crippen molar-refractivity contribution >= 4 is 5.91 Å². The highest BCUT2D eigenvalue weighted by Crippen LogP contribution is 2.07. The van der Waals surface area contributed by atoms with E-state index in [1.807, 2.05) is 62.4 Å². The number of amides is 1. The Morgan fingerprint density at radius 1 is 1.00 bits per heavy atom. The van der Waals surface area contributed by atoms with Crippen LogP contribution in [-0.4, -0.2) is 5.91 Å². The third-order valence-electron chi connectivity index (χ3n) is 3.01. The first-order chi connectivity index (χ1) is 8.66. The zero-order chi connectivity index (χ0) is 13.0. The van der Waals surface area contributed by atoms with Crippen molar-refractivity contribution in [2.24, 2.45) is 0 Å². The minimum atomic E-state index is -0.0294. The Hall–Kier alpha value is -2.09. The van der Waals surface area contributed by atoms with Gasteiger partial charge in [0.15, 0.2) is 0 Å². The summed E-state index contributed by atoms with van der Waals surface area (Å²) in [5, 5.41) is 2.94. The summed E-state index contributed by atoms with van der Waals surface area (Å²) >= 11 is 0. The minimum Gasteiger partial charge on any atom is -0.348 e. The maximum Gasteiger partial charge on any atom is 0.251 e. The Morgan fingerprint density at radius 3 is 2.33 bits per heavy atom. The van der Waals surface area contributed by atoms with E-state index in [0.29, 0.717) is 12.1 Å². The molecule has 2 rings (SSSR count). The molecule has 0 heterocycles. The van der Waals surface area contributed by atoms with E-state index >= 15 is 0 Å². The Balaban J connectivity index is 2.01. The summed E-state index contributed by atoms with van der Waals surface area (Å²) in [6.45, 7) is 4.63. The summed E-state index contributed by atoms with van der Waals surface area (Å²) < 4.78 is 0. The third-order valence-corrected chi connectivity index (χ3v) is 3.01. The van der Waals surface area contributed by atoms with Gasteiger partial charge in [-0.05, 0) is 37.1 Å². The lowest BCUT2D eigenvalue weighted by Crippen LogP contribution is -2.23. The van der Waals surface area contributed by atoms with E-state index in [9.17, 15) is 4.79 Å². The van der Waals surface area contributed by atoms with Gasteiger partial charge >= 0.3 is 0 Å². The van der Waals surface area contributed by atoms with E-state index in [1.54, 1.807) is 0 Å². The lowest BCUT2D eigenvalue weighted by atomic mass is 10.1. The standard InChI is InChI=1S/C16H17NO/c1-12-7-9-14(10-8-12)16(18)17-11-15-6-4-3-5-13(15)2/h3-10H,11H2,1-2H3,(H,17,18). The minimum absolute atomic E-state index is 0.0294. The van der Waals surface area contributed by atoms with Crippen LogP contribution in [0.4, 0.5) is 0 Å². The highest BCUT2D eigenvalue weighted by Gasteiger charge is 2.05. The van der Waals surface area contributed by atoms with Crippen LogP contribution in [-0.2, 0) is 6.54 Å². The highest BCUT2D eigenvalue weighted by atomic mass is 16.1. The molecule has 0 aliphatic heterocycles. The quantitative estimate of drug-likeness (QED) is 0.875. The van der Waals surface area contributed by atoms with Crippen molar-refractivity contribution in [1.82, 2.24) is 5.32 Å². The molecule has 0 radical (unpaired) electrons. The van der Waals surface area contributed by atoms with E-state index in [4.69, 9.17) is 0 Å². The molecule has 0 unspecified atom stereocenters. The molecule has 0 aliphatic rings. The molecule has 1 N–H and O–H groups in total. The number of hydrogen-bond acceptors (Lipinski definition) is 1. The van der Waals surface area contributed by atoms with Crippen LogP contribution in [0.25, 0.3) is 0 Å². The van der Waals surface area contributed by atoms with Gasteiger partial charge in [-0.25, -0.2) is 0 Å². The average molecular weight is 239 g/mol. The molecular weight excluding hydrogens is 222 g/mol. The summed E-state index contributed by atoms with van der Waals surface area (Å²) in [5.41, 5.74) is 4.21. The molecule has 0 bridgehead atoms. The van der Waals surface area contributed by atoms with Gasteiger partial charge in [-0.3, -0.25) is 4.79 Å². The van der Waals surface area contributed by atoms with Crippen LogP contribution in [0.1, 0.15) is 27.0 Å².